The van der Waals surface area contributed by atoms with Crippen LogP contribution in [0.3, 0.4) is 0 Å². The van der Waals surface area contributed by atoms with Crippen LogP contribution in [0.1, 0.15) is 30.1 Å². The summed E-state index contributed by atoms with van der Waals surface area (Å²) in [6, 6.07) is 15.1. The number of hydrogen-bond acceptors (Lipinski definition) is 3. The molecule has 0 N–H and O–H groups in total. The van der Waals surface area contributed by atoms with Crippen LogP contribution in [0, 0.1) is 0 Å². The maximum Gasteiger partial charge on any atom is 0.338 e. The molecule has 0 fully saturated rings. The van der Waals surface area contributed by atoms with Gasteiger partial charge in [-0.2, -0.15) is 0 Å². The molecule has 3 nitrogen and oxygen atoms in total. The van der Waals surface area contributed by atoms with Crippen molar-refractivity contribution in [1.29, 1.82) is 0 Å². The Hall–Kier alpha value is -2.29. The van der Waals surface area contributed by atoms with Crippen LogP contribution in [0.15, 0.2) is 48.5 Å². The van der Waals surface area contributed by atoms with Crippen LogP contribution in [0.25, 0.3) is 11.1 Å². The van der Waals surface area contributed by atoms with E-state index in [2.05, 4.69) is 6.92 Å². The third-order valence-electron chi connectivity index (χ3n) is 3.28. The van der Waals surface area contributed by atoms with E-state index in [9.17, 15) is 4.79 Å². The minimum Gasteiger partial charge on any atom is -0.496 e. The molecule has 0 radical (unpaired) electrons. The first-order valence-electron chi connectivity index (χ1n) is 7.17. The topological polar surface area (TPSA) is 35.5 Å². The van der Waals surface area contributed by atoms with Gasteiger partial charge in [0, 0.05) is 5.56 Å². The fourth-order valence-corrected chi connectivity index (χ4v) is 2.15. The van der Waals surface area contributed by atoms with Gasteiger partial charge in [0.15, 0.2) is 0 Å². The predicted molar refractivity (Wildman–Crippen MR) is 83.6 cm³/mol. The van der Waals surface area contributed by atoms with Crippen molar-refractivity contribution >= 4 is 5.97 Å². The molecular weight excluding hydrogens is 264 g/mol. The van der Waals surface area contributed by atoms with Crippen molar-refractivity contribution in [2.45, 2.75) is 19.8 Å². The molecule has 0 heterocycles. The Kier molecular flexibility index (Phi) is 5.38. The van der Waals surface area contributed by atoms with Crippen molar-refractivity contribution in [2.24, 2.45) is 0 Å². The number of ether oxygens (including phenoxy) is 2. The SMILES string of the molecule is CCCCOC(=O)c1ccccc1-c1ccccc1OC. The molecule has 0 bridgehead atoms. The smallest absolute Gasteiger partial charge is 0.338 e. The van der Waals surface area contributed by atoms with Gasteiger partial charge in [-0.1, -0.05) is 49.7 Å². The third-order valence-corrected chi connectivity index (χ3v) is 3.28. The van der Waals surface area contributed by atoms with Crippen molar-refractivity contribution in [1.82, 2.24) is 0 Å². The Morgan fingerprint density at radius 3 is 2.38 bits per heavy atom. The average Bonchev–Trinajstić information content (AvgIpc) is 2.55. The number of esters is 1. The molecule has 0 aliphatic heterocycles. The summed E-state index contributed by atoms with van der Waals surface area (Å²) in [4.78, 5) is 12.3. The molecule has 110 valence electrons. The number of carbonyl (C=O) groups is 1. The summed E-state index contributed by atoms with van der Waals surface area (Å²) < 4.78 is 10.7. The summed E-state index contributed by atoms with van der Waals surface area (Å²) in [5, 5.41) is 0. The zero-order valence-corrected chi connectivity index (χ0v) is 12.5. The standard InChI is InChI=1S/C18H20O3/c1-3-4-13-21-18(19)16-11-6-5-9-14(16)15-10-7-8-12-17(15)20-2/h5-12H,3-4,13H2,1-2H3. The molecule has 3 heteroatoms. The fourth-order valence-electron chi connectivity index (χ4n) is 2.15. The first-order valence-corrected chi connectivity index (χ1v) is 7.17. The van der Waals surface area contributed by atoms with Gasteiger partial charge in [0.2, 0.25) is 0 Å². The minimum atomic E-state index is -0.287. The van der Waals surface area contributed by atoms with Crippen molar-refractivity contribution < 1.29 is 14.3 Å². The van der Waals surface area contributed by atoms with Crippen LogP contribution in [-0.4, -0.2) is 19.7 Å². The maximum absolute atomic E-state index is 12.3. The van der Waals surface area contributed by atoms with E-state index in [1.165, 1.54) is 0 Å². The van der Waals surface area contributed by atoms with Gasteiger partial charge in [0.1, 0.15) is 5.75 Å². The summed E-state index contributed by atoms with van der Waals surface area (Å²) in [6.45, 7) is 2.52. The molecule has 2 aromatic rings. The van der Waals surface area contributed by atoms with Gasteiger partial charge in [0.25, 0.3) is 0 Å². The van der Waals surface area contributed by atoms with Crippen molar-refractivity contribution in [3.63, 3.8) is 0 Å². The second kappa shape index (κ2) is 7.48. The number of rotatable bonds is 6. The molecule has 21 heavy (non-hydrogen) atoms. The second-order valence-corrected chi connectivity index (χ2v) is 4.74. The first kappa shape index (κ1) is 15.1. The highest BCUT2D eigenvalue weighted by Gasteiger charge is 2.15. The molecule has 0 aliphatic carbocycles. The van der Waals surface area contributed by atoms with Gasteiger partial charge in [-0.05, 0) is 24.1 Å². The van der Waals surface area contributed by atoms with E-state index in [1.54, 1.807) is 13.2 Å². The van der Waals surface area contributed by atoms with E-state index >= 15 is 0 Å². The number of benzene rings is 2. The quantitative estimate of drug-likeness (QED) is 0.585. The van der Waals surface area contributed by atoms with Crippen LogP contribution in [0.5, 0.6) is 5.75 Å². The Morgan fingerprint density at radius 1 is 1.00 bits per heavy atom. The Morgan fingerprint density at radius 2 is 1.67 bits per heavy atom. The summed E-state index contributed by atoms with van der Waals surface area (Å²) in [5.74, 6) is 0.455. The largest absolute Gasteiger partial charge is 0.496 e. The van der Waals surface area contributed by atoms with E-state index in [0.29, 0.717) is 12.2 Å². The molecule has 0 aromatic heterocycles. The lowest BCUT2D eigenvalue weighted by Gasteiger charge is -2.12. The van der Waals surface area contributed by atoms with Crippen LogP contribution < -0.4 is 4.74 Å². The lowest BCUT2D eigenvalue weighted by molar-refractivity contribution is 0.0500. The second-order valence-electron chi connectivity index (χ2n) is 4.74. The summed E-state index contributed by atoms with van der Waals surface area (Å²) in [7, 11) is 1.63. The minimum absolute atomic E-state index is 0.287. The monoisotopic (exact) mass is 284 g/mol. The van der Waals surface area contributed by atoms with Crippen molar-refractivity contribution in [3.05, 3.63) is 54.1 Å². The Bertz CT molecular complexity index is 605. The number of unbranched alkanes of at least 4 members (excludes halogenated alkanes) is 1. The molecule has 0 saturated heterocycles. The van der Waals surface area contributed by atoms with E-state index in [1.807, 2.05) is 42.5 Å². The van der Waals surface area contributed by atoms with E-state index in [0.717, 1.165) is 29.7 Å². The molecule has 0 atom stereocenters. The summed E-state index contributed by atoms with van der Waals surface area (Å²) >= 11 is 0. The predicted octanol–water partition coefficient (Wildman–Crippen LogP) is 4.32. The van der Waals surface area contributed by atoms with Gasteiger partial charge < -0.3 is 9.47 Å². The molecular formula is C18H20O3. The van der Waals surface area contributed by atoms with E-state index in [-0.39, 0.29) is 5.97 Å². The highest BCUT2D eigenvalue weighted by Crippen LogP contribution is 2.32. The lowest BCUT2D eigenvalue weighted by Crippen LogP contribution is -2.08. The first-order chi connectivity index (χ1) is 10.3. The van der Waals surface area contributed by atoms with Gasteiger partial charge in [-0.25, -0.2) is 4.79 Å². The van der Waals surface area contributed by atoms with Gasteiger partial charge in [-0.3, -0.25) is 0 Å². The zero-order valence-electron chi connectivity index (χ0n) is 12.5. The fraction of sp³-hybridized carbons (Fsp3) is 0.278. The van der Waals surface area contributed by atoms with Crippen molar-refractivity contribution in [3.8, 4) is 16.9 Å². The van der Waals surface area contributed by atoms with Crippen LogP contribution in [-0.2, 0) is 4.74 Å². The number of hydrogen-bond donors (Lipinski definition) is 0. The molecule has 0 aliphatic rings. The zero-order chi connectivity index (χ0) is 15.1. The third kappa shape index (κ3) is 3.63. The molecule has 0 amide bonds. The molecule has 0 unspecified atom stereocenters. The highest BCUT2D eigenvalue weighted by molar-refractivity contribution is 5.98. The Balaban J connectivity index is 2.34. The molecule has 0 spiro atoms. The molecule has 2 rings (SSSR count). The Labute approximate surface area is 125 Å². The molecule has 2 aromatic carbocycles. The van der Waals surface area contributed by atoms with Crippen LogP contribution in [0.4, 0.5) is 0 Å². The van der Waals surface area contributed by atoms with Gasteiger partial charge in [0.05, 0.1) is 19.3 Å². The van der Waals surface area contributed by atoms with Crippen LogP contribution in [0.2, 0.25) is 0 Å². The van der Waals surface area contributed by atoms with Crippen molar-refractivity contribution in [2.75, 3.05) is 13.7 Å². The normalized spacial score (nSPS) is 10.2. The number of para-hydroxylation sites is 1. The highest BCUT2D eigenvalue weighted by atomic mass is 16.5. The average molecular weight is 284 g/mol. The maximum atomic E-state index is 12.3. The van der Waals surface area contributed by atoms with Gasteiger partial charge >= 0.3 is 5.97 Å². The van der Waals surface area contributed by atoms with Crippen LogP contribution >= 0.6 is 0 Å². The summed E-state index contributed by atoms with van der Waals surface area (Å²) in [5.41, 5.74) is 2.29. The van der Waals surface area contributed by atoms with Gasteiger partial charge in [-0.15, -0.1) is 0 Å². The number of carbonyl (C=O) groups excluding carboxylic acids is 1. The van der Waals surface area contributed by atoms with E-state index < -0.39 is 0 Å². The summed E-state index contributed by atoms with van der Waals surface area (Å²) in [6.07, 6.45) is 1.88. The van der Waals surface area contributed by atoms with E-state index in [4.69, 9.17) is 9.47 Å². The number of methoxy groups -OCH3 is 1. The molecule has 0 saturated carbocycles. The lowest BCUT2D eigenvalue weighted by atomic mass is 9.99.